The van der Waals surface area contributed by atoms with Crippen LogP contribution in [0, 0.1) is 5.92 Å². The molecule has 114 valence electrons. The maximum atomic E-state index is 12.6. The van der Waals surface area contributed by atoms with Gasteiger partial charge in [-0.2, -0.15) is 0 Å². The van der Waals surface area contributed by atoms with E-state index in [1.807, 2.05) is 24.3 Å². The van der Waals surface area contributed by atoms with Gasteiger partial charge >= 0.3 is 0 Å². The summed E-state index contributed by atoms with van der Waals surface area (Å²) in [5.74, 6) is -0.0771. The number of piperidine rings is 1. The van der Waals surface area contributed by atoms with Crippen molar-refractivity contribution in [3.8, 4) is 0 Å². The first-order chi connectivity index (χ1) is 10.2. The molecule has 1 aromatic carbocycles. The second kappa shape index (κ2) is 7.22. The topological polar surface area (TPSA) is 75.4 Å². The normalized spacial score (nSPS) is 18.4. The number of hydrogen-bond acceptors (Lipinski definition) is 3. The second-order valence-corrected chi connectivity index (χ2v) is 5.44. The van der Waals surface area contributed by atoms with Crippen molar-refractivity contribution in [2.75, 3.05) is 26.7 Å². The smallest absolute Gasteiger partial charge is 0.253 e. The van der Waals surface area contributed by atoms with Crippen LogP contribution in [0.5, 0.6) is 0 Å². The summed E-state index contributed by atoms with van der Waals surface area (Å²) in [7, 11) is 1.64. The first kappa shape index (κ1) is 15.5. The SMILES string of the molecule is CNC(=O)C1CCCN(C(=O)c2cccc(CCN)c2)C1. The monoisotopic (exact) mass is 289 g/mol. The van der Waals surface area contributed by atoms with E-state index in [0.717, 1.165) is 24.8 Å². The zero-order chi connectivity index (χ0) is 15.2. The molecule has 21 heavy (non-hydrogen) atoms. The van der Waals surface area contributed by atoms with Gasteiger partial charge in [-0.15, -0.1) is 0 Å². The minimum absolute atomic E-state index is 0.00229. The van der Waals surface area contributed by atoms with Gasteiger partial charge in [0.05, 0.1) is 5.92 Å². The third-order valence-electron chi connectivity index (χ3n) is 3.93. The standard InChI is InChI=1S/C16H23N3O2/c1-18-15(20)14-6-3-9-19(11-14)16(21)13-5-2-4-12(10-13)7-8-17/h2,4-5,10,14H,3,6-9,11,17H2,1H3,(H,18,20). The number of carbonyl (C=O) groups excluding carboxylic acids is 2. The summed E-state index contributed by atoms with van der Waals surface area (Å²) in [5.41, 5.74) is 7.31. The molecule has 1 fully saturated rings. The number of hydrogen-bond donors (Lipinski definition) is 2. The first-order valence-corrected chi connectivity index (χ1v) is 7.45. The number of rotatable bonds is 4. The lowest BCUT2D eigenvalue weighted by molar-refractivity contribution is -0.125. The van der Waals surface area contributed by atoms with Gasteiger partial charge in [-0.1, -0.05) is 12.1 Å². The molecular formula is C16H23N3O2. The molecule has 1 saturated heterocycles. The Bertz CT molecular complexity index is 516. The highest BCUT2D eigenvalue weighted by atomic mass is 16.2. The first-order valence-electron chi connectivity index (χ1n) is 7.45. The number of nitrogens with zero attached hydrogens (tertiary/aromatic N) is 1. The Hall–Kier alpha value is -1.88. The average molecular weight is 289 g/mol. The molecule has 5 nitrogen and oxygen atoms in total. The minimum Gasteiger partial charge on any atom is -0.359 e. The van der Waals surface area contributed by atoms with Crippen LogP contribution in [0.25, 0.3) is 0 Å². The van der Waals surface area contributed by atoms with E-state index in [9.17, 15) is 9.59 Å². The van der Waals surface area contributed by atoms with E-state index in [1.165, 1.54) is 0 Å². The number of benzene rings is 1. The summed E-state index contributed by atoms with van der Waals surface area (Å²) in [6, 6.07) is 7.59. The molecule has 0 aliphatic carbocycles. The molecule has 0 saturated carbocycles. The molecule has 1 atom stereocenters. The van der Waals surface area contributed by atoms with Crippen molar-refractivity contribution >= 4 is 11.8 Å². The van der Waals surface area contributed by atoms with Gasteiger partial charge < -0.3 is 16.0 Å². The molecule has 0 spiro atoms. The van der Waals surface area contributed by atoms with Gasteiger partial charge in [-0.05, 0) is 43.5 Å². The molecule has 2 rings (SSSR count). The van der Waals surface area contributed by atoms with Crippen LogP contribution in [0.15, 0.2) is 24.3 Å². The molecule has 5 heteroatoms. The lowest BCUT2D eigenvalue weighted by atomic mass is 9.96. The maximum absolute atomic E-state index is 12.6. The van der Waals surface area contributed by atoms with Crippen LogP contribution in [0.4, 0.5) is 0 Å². The molecule has 0 aromatic heterocycles. The predicted molar refractivity (Wildman–Crippen MR) is 81.9 cm³/mol. The zero-order valence-corrected chi connectivity index (χ0v) is 12.5. The molecule has 1 unspecified atom stereocenters. The molecule has 0 radical (unpaired) electrons. The fraction of sp³-hybridized carbons (Fsp3) is 0.500. The lowest BCUT2D eigenvalue weighted by Gasteiger charge is -2.32. The summed E-state index contributed by atoms with van der Waals surface area (Å²) in [6.07, 6.45) is 2.48. The number of amides is 2. The summed E-state index contributed by atoms with van der Waals surface area (Å²) >= 11 is 0. The second-order valence-electron chi connectivity index (χ2n) is 5.44. The fourth-order valence-corrected chi connectivity index (χ4v) is 2.79. The van der Waals surface area contributed by atoms with Crippen molar-refractivity contribution in [3.63, 3.8) is 0 Å². The third kappa shape index (κ3) is 3.82. The van der Waals surface area contributed by atoms with Gasteiger partial charge in [-0.3, -0.25) is 9.59 Å². The summed E-state index contributed by atoms with van der Waals surface area (Å²) < 4.78 is 0. The van der Waals surface area contributed by atoms with Crippen molar-refractivity contribution in [2.45, 2.75) is 19.3 Å². The number of nitrogens with two attached hydrogens (primary N) is 1. The van der Waals surface area contributed by atoms with E-state index < -0.39 is 0 Å². The summed E-state index contributed by atoms with van der Waals surface area (Å²) in [6.45, 7) is 1.78. The van der Waals surface area contributed by atoms with E-state index in [2.05, 4.69) is 5.32 Å². The van der Waals surface area contributed by atoms with Crippen molar-refractivity contribution in [3.05, 3.63) is 35.4 Å². The van der Waals surface area contributed by atoms with E-state index >= 15 is 0 Å². The van der Waals surface area contributed by atoms with Crippen LogP contribution in [0.2, 0.25) is 0 Å². The minimum atomic E-state index is -0.0973. The van der Waals surface area contributed by atoms with Crippen LogP contribution < -0.4 is 11.1 Å². The molecule has 1 aliphatic rings. The highest BCUT2D eigenvalue weighted by Crippen LogP contribution is 2.19. The van der Waals surface area contributed by atoms with E-state index in [-0.39, 0.29) is 17.7 Å². The van der Waals surface area contributed by atoms with Gasteiger partial charge in [0.1, 0.15) is 0 Å². The fourth-order valence-electron chi connectivity index (χ4n) is 2.79. The summed E-state index contributed by atoms with van der Waals surface area (Å²) in [4.78, 5) is 26.1. The van der Waals surface area contributed by atoms with E-state index in [1.54, 1.807) is 11.9 Å². The number of carbonyl (C=O) groups is 2. The Morgan fingerprint density at radius 2 is 2.24 bits per heavy atom. The quantitative estimate of drug-likeness (QED) is 0.860. The van der Waals surface area contributed by atoms with Crippen LogP contribution in [0.3, 0.4) is 0 Å². The van der Waals surface area contributed by atoms with Gasteiger partial charge in [0, 0.05) is 25.7 Å². The Labute approximate surface area is 125 Å². The molecule has 0 bridgehead atoms. The zero-order valence-electron chi connectivity index (χ0n) is 12.5. The molecule has 1 aliphatic heterocycles. The highest BCUT2D eigenvalue weighted by molar-refractivity contribution is 5.95. The Morgan fingerprint density at radius 3 is 2.95 bits per heavy atom. The Balaban J connectivity index is 2.08. The van der Waals surface area contributed by atoms with E-state index in [4.69, 9.17) is 5.73 Å². The van der Waals surface area contributed by atoms with Gasteiger partial charge in [0.25, 0.3) is 5.91 Å². The largest absolute Gasteiger partial charge is 0.359 e. The van der Waals surface area contributed by atoms with Crippen LogP contribution >= 0.6 is 0 Å². The van der Waals surface area contributed by atoms with E-state index in [0.29, 0.717) is 25.2 Å². The Morgan fingerprint density at radius 1 is 1.43 bits per heavy atom. The highest BCUT2D eigenvalue weighted by Gasteiger charge is 2.28. The lowest BCUT2D eigenvalue weighted by Crippen LogP contribution is -2.44. The molecular weight excluding hydrogens is 266 g/mol. The van der Waals surface area contributed by atoms with Crippen LogP contribution in [0.1, 0.15) is 28.8 Å². The molecule has 3 N–H and O–H groups in total. The van der Waals surface area contributed by atoms with Gasteiger partial charge in [0.15, 0.2) is 0 Å². The number of nitrogens with one attached hydrogen (secondary N) is 1. The third-order valence-corrected chi connectivity index (χ3v) is 3.93. The average Bonchev–Trinajstić information content (AvgIpc) is 2.54. The van der Waals surface area contributed by atoms with Crippen molar-refractivity contribution in [2.24, 2.45) is 11.7 Å². The Kier molecular flexibility index (Phi) is 5.33. The molecule has 1 heterocycles. The molecule has 1 aromatic rings. The number of likely N-dealkylation sites (tertiary alicyclic amines) is 1. The predicted octanol–water partition coefficient (Wildman–Crippen LogP) is 0.786. The van der Waals surface area contributed by atoms with Crippen molar-refractivity contribution < 1.29 is 9.59 Å². The van der Waals surface area contributed by atoms with Crippen molar-refractivity contribution in [1.29, 1.82) is 0 Å². The van der Waals surface area contributed by atoms with Gasteiger partial charge in [-0.25, -0.2) is 0 Å². The maximum Gasteiger partial charge on any atom is 0.253 e. The van der Waals surface area contributed by atoms with Crippen molar-refractivity contribution in [1.82, 2.24) is 10.2 Å². The molecule has 2 amide bonds. The summed E-state index contributed by atoms with van der Waals surface area (Å²) in [5, 5.41) is 2.67. The van der Waals surface area contributed by atoms with Crippen LogP contribution in [-0.4, -0.2) is 43.4 Å². The van der Waals surface area contributed by atoms with Crippen LogP contribution in [-0.2, 0) is 11.2 Å². The van der Waals surface area contributed by atoms with Gasteiger partial charge in [0.2, 0.25) is 5.91 Å².